The summed E-state index contributed by atoms with van der Waals surface area (Å²) in [7, 11) is 0. The van der Waals surface area contributed by atoms with Crippen molar-refractivity contribution in [3.05, 3.63) is 46.1 Å². The zero-order chi connectivity index (χ0) is 29.1. The van der Waals surface area contributed by atoms with E-state index in [1.54, 1.807) is 37.8 Å². The van der Waals surface area contributed by atoms with Crippen LogP contribution in [-0.2, 0) is 22.3 Å². The molecule has 212 valence electrons. The molecule has 12 heteroatoms. The van der Waals surface area contributed by atoms with Crippen LogP contribution < -0.4 is 5.73 Å². The molecule has 2 N–H and O–H groups in total. The highest BCUT2D eigenvalue weighted by Gasteiger charge is 2.51. The number of nitrogens with two attached hydrogens (primary N) is 1. The van der Waals surface area contributed by atoms with E-state index in [9.17, 15) is 27.6 Å². The zero-order valence-corrected chi connectivity index (χ0v) is 23.4. The van der Waals surface area contributed by atoms with Crippen LogP contribution in [0.4, 0.5) is 13.2 Å². The van der Waals surface area contributed by atoms with E-state index < -0.39 is 29.1 Å². The maximum Gasteiger partial charge on any atom is 0.433 e. The summed E-state index contributed by atoms with van der Waals surface area (Å²) < 4.78 is 42.1. The topological polar surface area (TPSA) is 109 Å². The minimum atomic E-state index is -4.72. The van der Waals surface area contributed by atoms with Crippen molar-refractivity contribution in [1.82, 2.24) is 19.8 Å². The lowest BCUT2D eigenvalue weighted by molar-refractivity contribution is -0.142. The Labute approximate surface area is 233 Å². The number of likely N-dealkylation sites (tertiary alicyclic amines) is 2. The number of imide groups is 1. The molecular weight excluding hydrogens is 543 g/mol. The van der Waals surface area contributed by atoms with Gasteiger partial charge < -0.3 is 10.6 Å². The van der Waals surface area contributed by atoms with Crippen LogP contribution >= 0.6 is 11.3 Å². The van der Waals surface area contributed by atoms with Crippen molar-refractivity contribution in [1.29, 1.82) is 0 Å². The lowest BCUT2D eigenvalue weighted by atomic mass is 9.82. The number of thiophene rings is 1. The molecule has 2 aliphatic heterocycles. The number of alkyl halides is 3. The Morgan fingerprint density at radius 3 is 2.58 bits per heavy atom. The summed E-state index contributed by atoms with van der Waals surface area (Å²) >= 11 is 1.22. The second-order valence-corrected chi connectivity index (χ2v) is 12.3. The monoisotopic (exact) mass is 573 g/mol. The van der Waals surface area contributed by atoms with Gasteiger partial charge in [0.2, 0.25) is 11.8 Å². The minimum absolute atomic E-state index is 0.0288. The first-order chi connectivity index (χ1) is 18.7. The Kier molecular flexibility index (Phi) is 6.98. The summed E-state index contributed by atoms with van der Waals surface area (Å²) in [5, 5.41) is 0. The summed E-state index contributed by atoms with van der Waals surface area (Å²) in [4.78, 5) is 51.3. The lowest BCUT2D eigenvalue weighted by Crippen LogP contribution is -2.32. The van der Waals surface area contributed by atoms with E-state index in [1.807, 2.05) is 0 Å². The van der Waals surface area contributed by atoms with Crippen LogP contribution in [0.2, 0.25) is 0 Å². The fraction of sp³-hybridized carbons (Fsp3) is 0.464. The molecule has 3 aromatic heterocycles. The lowest BCUT2D eigenvalue weighted by Gasteiger charge is -2.21. The van der Waals surface area contributed by atoms with Gasteiger partial charge in [0.15, 0.2) is 0 Å². The fourth-order valence-electron chi connectivity index (χ4n) is 5.38. The van der Waals surface area contributed by atoms with Gasteiger partial charge in [-0.25, -0.2) is 4.98 Å². The number of aromatic nitrogens is 2. The van der Waals surface area contributed by atoms with Gasteiger partial charge in [-0.15, -0.1) is 11.3 Å². The van der Waals surface area contributed by atoms with Gasteiger partial charge in [-0.1, -0.05) is 20.8 Å². The van der Waals surface area contributed by atoms with Crippen molar-refractivity contribution in [2.75, 3.05) is 19.6 Å². The Morgan fingerprint density at radius 2 is 1.98 bits per heavy atom. The van der Waals surface area contributed by atoms with Gasteiger partial charge in [0.1, 0.15) is 5.69 Å². The molecule has 3 amide bonds. The van der Waals surface area contributed by atoms with E-state index >= 15 is 0 Å². The molecule has 3 aromatic rings. The van der Waals surface area contributed by atoms with Gasteiger partial charge in [0.25, 0.3) is 5.91 Å². The summed E-state index contributed by atoms with van der Waals surface area (Å²) in [5.41, 5.74) is 4.88. The number of hydrogen-bond donors (Lipinski definition) is 1. The number of amides is 3. The smallest absolute Gasteiger partial charge is 0.338 e. The summed E-state index contributed by atoms with van der Waals surface area (Å²) in [6, 6.07) is 4.17. The number of halogens is 3. The predicted octanol–water partition coefficient (Wildman–Crippen LogP) is 4.64. The van der Waals surface area contributed by atoms with Crippen LogP contribution in [0.15, 0.2) is 24.4 Å². The number of carbonyl (C=O) groups is 3. The standard InChI is InChI=1S/C28H30F3N5O3S/c1-14-9-20(28(29,30)31)34-22(21(14)25(38)35-8-6-16(11-32)12-35)18-5-7-33-19-10-17(40-23(18)19)13-36-24(37)15(2)27(3,4)26(36)39/h5,7,9-10,15-16H,6,8,11-13,32H2,1-4H3. The Balaban J connectivity index is 1.61. The van der Waals surface area contributed by atoms with Gasteiger partial charge >= 0.3 is 6.18 Å². The van der Waals surface area contributed by atoms with Gasteiger partial charge in [0.05, 0.1) is 33.4 Å². The molecular formula is C28H30F3N5O3S. The molecule has 2 aliphatic rings. The summed E-state index contributed by atoms with van der Waals surface area (Å²) in [6.07, 6.45) is -2.54. The molecule has 0 bridgehead atoms. The number of rotatable bonds is 5. The minimum Gasteiger partial charge on any atom is -0.338 e. The van der Waals surface area contributed by atoms with Gasteiger partial charge in [-0.3, -0.25) is 24.3 Å². The predicted molar refractivity (Wildman–Crippen MR) is 144 cm³/mol. The van der Waals surface area contributed by atoms with Crippen molar-refractivity contribution in [3.63, 3.8) is 0 Å². The molecule has 2 fully saturated rings. The fourth-order valence-corrected chi connectivity index (χ4v) is 6.50. The average Bonchev–Trinajstić information content (AvgIpc) is 3.58. The number of carbonyl (C=O) groups excluding carboxylic acids is 3. The summed E-state index contributed by atoms with van der Waals surface area (Å²) in [6.45, 7) is 8.01. The largest absolute Gasteiger partial charge is 0.433 e. The molecule has 8 nitrogen and oxygen atoms in total. The van der Waals surface area contributed by atoms with Crippen molar-refractivity contribution in [2.45, 2.75) is 46.8 Å². The third-order valence-corrected chi connectivity index (χ3v) is 9.32. The highest BCUT2D eigenvalue weighted by molar-refractivity contribution is 7.19. The van der Waals surface area contributed by atoms with E-state index in [4.69, 9.17) is 5.73 Å². The normalized spacial score (nSPS) is 21.2. The molecule has 0 aromatic carbocycles. The van der Waals surface area contributed by atoms with Crippen molar-refractivity contribution < 1.29 is 27.6 Å². The van der Waals surface area contributed by atoms with E-state index in [1.165, 1.54) is 29.4 Å². The number of hydrogen-bond acceptors (Lipinski definition) is 7. The molecule has 2 saturated heterocycles. The van der Waals surface area contributed by atoms with Crippen LogP contribution in [0, 0.1) is 24.2 Å². The Bertz CT molecular complexity index is 1530. The molecule has 0 spiro atoms. The third-order valence-electron chi connectivity index (χ3n) is 8.17. The first kappa shape index (κ1) is 28.2. The van der Waals surface area contributed by atoms with E-state index in [2.05, 4.69) is 9.97 Å². The maximum absolute atomic E-state index is 13.9. The highest BCUT2D eigenvalue weighted by Crippen LogP contribution is 2.41. The quantitative estimate of drug-likeness (QED) is 0.446. The number of fused-ring (bicyclic) bond motifs is 1. The Morgan fingerprint density at radius 1 is 1.25 bits per heavy atom. The highest BCUT2D eigenvalue weighted by atomic mass is 32.1. The van der Waals surface area contributed by atoms with E-state index in [0.29, 0.717) is 40.3 Å². The summed E-state index contributed by atoms with van der Waals surface area (Å²) in [5.74, 6) is -1.29. The number of nitrogens with zero attached hydrogens (tertiary/aromatic N) is 4. The van der Waals surface area contributed by atoms with Crippen LogP contribution in [-0.4, -0.2) is 57.1 Å². The van der Waals surface area contributed by atoms with E-state index in [0.717, 1.165) is 12.5 Å². The third kappa shape index (κ3) is 4.66. The Hall–Kier alpha value is -3.38. The first-order valence-corrected chi connectivity index (χ1v) is 13.9. The molecule has 5 rings (SSSR count). The number of pyridine rings is 2. The molecule has 0 aliphatic carbocycles. The first-order valence-electron chi connectivity index (χ1n) is 13.1. The van der Waals surface area contributed by atoms with Crippen LogP contribution in [0.3, 0.4) is 0 Å². The van der Waals surface area contributed by atoms with Gasteiger partial charge in [-0.05, 0) is 49.6 Å². The molecule has 5 heterocycles. The second-order valence-electron chi connectivity index (χ2n) is 11.1. The van der Waals surface area contributed by atoms with Gasteiger partial charge in [0, 0.05) is 35.6 Å². The van der Waals surface area contributed by atoms with Crippen molar-refractivity contribution in [2.24, 2.45) is 23.0 Å². The van der Waals surface area contributed by atoms with Gasteiger partial charge in [-0.2, -0.15) is 13.2 Å². The molecule has 2 unspecified atom stereocenters. The van der Waals surface area contributed by atoms with Crippen LogP contribution in [0.25, 0.3) is 21.5 Å². The van der Waals surface area contributed by atoms with Crippen molar-refractivity contribution >= 4 is 39.3 Å². The number of aryl methyl sites for hydroxylation is 1. The van der Waals surface area contributed by atoms with E-state index in [-0.39, 0.29) is 41.1 Å². The van der Waals surface area contributed by atoms with Crippen LogP contribution in [0.1, 0.15) is 53.7 Å². The molecule has 40 heavy (non-hydrogen) atoms. The molecule has 0 radical (unpaired) electrons. The van der Waals surface area contributed by atoms with Crippen molar-refractivity contribution in [3.8, 4) is 11.3 Å². The molecule has 0 saturated carbocycles. The molecule has 2 atom stereocenters. The zero-order valence-electron chi connectivity index (χ0n) is 22.6. The maximum atomic E-state index is 13.9. The SMILES string of the molecule is Cc1cc(C(F)(F)F)nc(-c2ccnc3cc(CN4C(=O)C(C)C(C)(C)C4=O)sc23)c1C(=O)N1CCC(CN)C1. The van der Waals surface area contributed by atoms with Crippen LogP contribution in [0.5, 0.6) is 0 Å². The average molecular weight is 574 g/mol. The second kappa shape index (κ2) is 9.91.